The lowest BCUT2D eigenvalue weighted by Gasteiger charge is -2.24. The maximum atomic E-state index is 13.1. The van der Waals surface area contributed by atoms with Gasteiger partial charge >= 0.3 is 0 Å². The summed E-state index contributed by atoms with van der Waals surface area (Å²) < 4.78 is 18.8. The smallest absolute Gasteiger partial charge is 0.123 e. The van der Waals surface area contributed by atoms with E-state index in [4.69, 9.17) is 22.7 Å². The van der Waals surface area contributed by atoms with E-state index in [-0.39, 0.29) is 16.4 Å². The van der Waals surface area contributed by atoms with Gasteiger partial charge < -0.3 is 10.5 Å². The van der Waals surface area contributed by atoms with E-state index in [1.54, 1.807) is 6.07 Å². The Morgan fingerprint density at radius 3 is 2.65 bits per heavy atom. The van der Waals surface area contributed by atoms with E-state index in [1.165, 1.54) is 12.1 Å². The molecule has 0 fully saturated rings. The van der Waals surface area contributed by atoms with E-state index in [0.717, 1.165) is 12.0 Å². The Morgan fingerprint density at radius 1 is 1.47 bits per heavy atom. The average Bonchev–Trinajstić information content (AvgIpc) is 2.27. The quantitative estimate of drug-likeness (QED) is 0.821. The first-order valence-corrected chi connectivity index (χ1v) is 5.99. The Morgan fingerprint density at radius 2 is 2.12 bits per heavy atom. The molecule has 0 aliphatic rings. The maximum Gasteiger partial charge on any atom is 0.123 e. The normalized spacial score (nSPS) is 11.5. The van der Waals surface area contributed by atoms with Crippen LogP contribution in [0.25, 0.3) is 0 Å². The Kier molecular flexibility index (Phi) is 4.60. The molecule has 0 aromatic heterocycles. The lowest BCUT2D eigenvalue weighted by atomic mass is 10.1. The van der Waals surface area contributed by atoms with Gasteiger partial charge in [0.1, 0.15) is 10.8 Å². The van der Waals surface area contributed by atoms with Crippen LogP contribution in [0.2, 0.25) is 0 Å². The number of hydrogen-bond acceptors (Lipinski definition) is 2. The summed E-state index contributed by atoms with van der Waals surface area (Å²) in [4.78, 5) is 0.192. The number of nitrogens with two attached hydrogens (primary N) is 1. The van der Waals surface area contributed by atoms with Crippen molar-refractivity contribution in [2.24, 2.45) is 5.73 Å². The van der Waals surface area contributed by atoms with Gasteiger partial charge in [0.25, 0.3) is 0 Å². The van der Waals surface area contributed by atoms with Crippen molar-refractivity contribution in [3.63, 3.8) is 0 Å². The standard InChI is InChI=1S/C13H18FNOS/c1-4-13(2,3)16-8-9-5-6-10(14)7-11(9)12(15)17/h5-7H,4,8H2,1-3H3,(H2,15,17). The number of rotatable bonds is 5. The summed E-state index contributed by atoms with van der Waals surface area (Å²) in [5.74, 6) is -0.341. The van der Waals surface area contributed by atoms with Crippen LogP contribution in [0.1, 0.15) is 38.3 Å². The number of thiocarbonyl (C=S) groups is 1. The minimum atomic E-state index is -0.341. The van der Waals surface area contributed by atoms with Crippen LogP contribution in [0.4, 0.5) is 4.39 Å². The molecule has 0 amide bonds. The minimum absolute atomic E-state index is 0.192. The number of halogens is 1. The predicted molar refractivity (Wildman–Crippen MR) is 71.4 cm³/mol. The summed E-state index contributed by atoms with van der Waals surface area (Å²) in [6.45, 7) is 6.46. The van der Waals surface area contributed by atoms with Gasteiger partial charge in [-0.15, -0.1) is 0 Å². The molecule has 2 N–H and O–H groups in total. The maximum absolute atomic E-state index is 13.1. The van der Waals surface area contributed by atoms with Gasteiger partial charge in [-0.25, -0.2) is 4.39 Å². The topological polar surface area (TPSA) is 35.2 Å². The second kappa shape index (κ2) is 5.56. The second-order valence-electron chi connectivity index (χ2n) is 4.57. The molecule has 0 saturated carbocycles. The van der Waals surface area contributed by atoms with E-state index in [0.29, 0.717) is 12.2 Å². The Bertz CT molecular complexity index is 418. The molecule has 0 bridgehead atoms. The van der Waals surface area contributed by atoms with Crippen molar-refractivity contribution in [1.29, 1.82) is 0 Å². The number of benzene rings is 1. The minimum Gasteiger partial charge on any atom is -0.389 e. The van der Waals surface area contributed by atoms with Crippen molar-refractivity contribution < 1.29 is 9.13 Å². The van der Waals surface area contributed by atoms with Crippen LogP contribution in [0.5, 0.6) is 0 Å². The Labute approximate surface area is 107 Å². The average molecular weight is 255 g/mol. The highest BCUT2D eigenvalue weighted by molar-refractivity contribution is 7.80. The van der Waals surface area contributed by atoms with Crippen LogP contribution in [0.15, 0.2) is 18.2 Å². The van der Waals surface area contributed by atoms with Crippen LogP contribution < -0.4 is 5.73 Å². The third-order valence-electron chi connectivity index (χ3n) is 2.81. The van der Waals surface area contributed by atoms with Crippen molar-refractivity contribution >= 4 is 17.2 Å². The highest BCUT2D eigenvalue weighted by Gasteiger charge is 2.16. The van der Waals surface area contributed by atoms with Crippen LogP contribution >= 0.6 is 12.2 Å². The van der Waals surface area contributed by atoms with Gasteiger partial charge in [0.05, 0.1) is 12.2 Å². The highest BCUT2D eigenvalue weighted by Crippen LogP contribution is 2.19. The molecule has 4 heteroatoms. The van der Waals surface area contributed by atoms with E-state index < -0.39 is 0 Å². The van der Waals surface area contributed by atoms with Gasteiger partial charge in [-0.05, 0) is 38.0 Å². The lowest BCUT2D eigenvalue weighted by Crippen LogP contribution is -2.23. The van der Waals surface area contributed by atoms with Gasteiger partial charge in [0, 0.05) is 5.56 Å². The molecule has 17 heavy (non-hydrogen) atoms. The van der Waals surface area contributed by atoms with Gasteiger partial charge in [0.2, 0.25) is 0 Å². The first-order chi connectivity index (χ1) is 7.85. The zero-order valence-corrected chi connectivity index (χ0v) is 11.2. The molecule has 94 valence electrons. The monoisotopic (exact) mass is 255 g/mol. The van der Waals surface area contributed by atoms with Crippen molar-refractivity contribution in [1.82, 2.24) is 0 Å². The molecular weight excluding hydrogens is 237 g/mol. The number of ether oxygens (including phenoxy) is 1. The first-order valence-electron chi connectivity index (χ1n) is 5.58. The summed E-state index contributed by atoms with van der Waals surface area (Å²) in [6.07, 6.45) is 0.899. The number of hydrogen-bond donors (Lipinski definition) is 1. The molecule has 2 nitrogen and oxygen atoms in total. The van der Waals surface area contributed by atoms with E-state index in [1.807, 2.05) is 13.8 Å². The summed E-state index contributed by atoms with van der Waals surface area (Å²) in [6, 6.07) is 4.40. The summed E-state index contributed by atoms with van der Waals surface area (Å²) in [5, 5.41) is 0. The zero-order valence-electron chi connectivity index (χ0n) is 10.4. The van der Waals surface area contributed by atoms with Crippen LogP contribution in [0.3, 0.4) is 0 Å². The third kappa shape index (κ3) is 4.06. The van der Waals surface area contributed by atoms with E-state index >= 15 is 0 Å². The largest absolute Gasteiger partial charge is 0.389 e. The molecule has 0 unspecified atom stereocenters. The van der Waals surface area contributed by atoms with Crippen molar-refractivity contribution in [3.05, 3.63) is 35.1 Å². The molecular formula is C13H18FNOS. The van der Waals surface area contributed by atoms with Gasteiger partial charge in [-0.1, -0.05) is 25.2 Å². The van der Waals surface area contributed by atoms with E-state index in [2.05, 4.69) is 6.92 Å². The first kappa shape index (κ1) is 14.1. The van der Waals surface area contributed by atoms with Crippen LogP contribution in [0, 0.1) is 5.82 Å². The summed E-state index contributed by atoms with van der Waals surface area (Å²) in [5.41, 5.74) is 6.73. The van der Waals surface area contributed by atoms with Gasteiger partial charge in [-0.2, -0.15) is 0 Å². The molecule has 0 atom stereocenters. The SMILES string of the molecule is CCC(C)(C)OCc1ccc(F)cc1C(N)=S. The van der Waals surface area contributed by atoms with Gasteiger partial charge in [-0.3, -0.25) is 0 Å². The molecule has 1 aromatic rings. The zero-order chi connectivity index (χ0) is 13.1. The van der Waals surface area contributed by atoms with Crippen molar-refractivity contribution in [2.45, 2.75) is 39.4 Å². The predicted octanol–water partition coefficient (Wildman–Crippen LogP) is 3.17. The third-order valence-corrected chi connectivity index (χ3v) is 3.03. The van der Waals surface area contributed by atoms with E-state index in [9.17, 15) is 4.39 Å². The fourth-order valence-electron chi connectivity index (χ4n) is 1.28. The molecule has 0 saturated heterocycles. The molecule has 0 aliphatic heterocycles. The molecule has 0 radical (unpaired) electrons. The van der Waals surface area contributed by atoms with Gasteiger partial charge in [0.15, 0.2) is 0 Å². The molecule has 1 rings (SSSR count). The molecule has 0 spiro atoms. The Hall–Kier alpha value is -1.00. The van der Waals surface area contributed by atoms with Crippen LogP contribution in [-0.2, 0) is 11.3 Å². The highest BCUT2D eigenvalue weighted by atomic mass is 32.1. The molecule has 1 aromatic carbocycles. The fourth-order valence-corrected chi connectivity index (χ4v) is 1.47. The van der Waals surface area contributed by atoms with Crippen LogP contribution in [-0.4, -0.2) is 10.6 Å². The fraction of sp³-hybridized carbons (Fsp3) is 0.462. The summed E-state index contributed by atoms with van der Waals surface area (Å²) in [7, 11) is 0. The van der Waals surface area contributed by atoms with Crippen molar-refractivity contribution in [3.8, 4) is 0 Å². The molecule has 0 aliphatic carbocycles. The molecule has 0 heterocycles. The van der Waals surface area contributed by atoms with Crippen molar-refractivity contribution in [2.75, 3.05) is 0 Å². The second-order valence-corrected chi connectivity index (χ2v) is 5.01. The Balaban J connectivity index is 2.88. The summed E-state index contributed by atoms with van der Waals surface area (Å²) >= 11 is 4.90. The lowest BCUT2D eigenvalue weighted by molar-refractivity contribution is -0.0316.